The molecule has 0 aliphatic carbocycles. The third-order valence-corrected chi connectivity index (χ3v) is 5.93. The van der Waals surface area contributed by atoms with Crippen LogP contribution in [0, 0.1) is 0 Å². The number of rotatable bonds is 18. The van der Waals surface area contributed by atoms with Gasteiger partial charge in [0.1, 0.15) is 0 Å². The molecule has 0 spiro atoms. The molecule has 1 saturated heterocycles. The van der Waals surface area contributed by atoms with Crippen LogP contribution in [0.15, 0.2) is 0 Å². The molecule has 1 rings (SSSR count). The van der Waals surface area contributed by atoms with E-state index in [0.717, 1.165) is 64.4 Å². The van der Waals surface area contributed by atoms with Crippen molar-refractivity contribution in [2.24, 2.45) is 0 Å². The quantitative estimate of drug-likeness (QED) is 0.128. The van der Waals surface area contributed by atoms with Crippen LogP contribution >= 0.6 is 0 Å². The van der Waals surface area contributed by atoms with Gasteiger partial charge < -0.3 is 9.47 Å². The number of ether oxygens (including phenoxy) is 2. The van der Waals surface area contributed by atoms with Crippen molar-refractivity contribution in [1.82, 2.24) is 0 Å². The molecule has 0 aromatic rings. The smallest absolute Gasteiger partial charge is 0.353 e. The van der Waals surface area contributed by atoms with Gasteiger partial charge in [0.25, 0.3) is 0 Å². The fourth-order valence-electron chi connectivity index (χ4n) is 3.70. The Morgan fingerprint density at radius 1 is 0.571 bits per heavy atom. The molecule has 13 heteroatoms. The van der Waals surface area contributed by atoms with E-state index >= 15 is 0 Å². The minimum atomic E-state index is -7.31. The largest absolute Gasteiger partial charge is 0.460 e. The molecule has 210 valence electrons. The van der Waals surface area contributed by atoms with Crippen LogP contribution in [0.3, 0.4) is 0 Å². The fourth-order valence-corrected chi connectivity index (χ4v) is 3.70. The highest BCUT2D eigenvalue weighted by Gasteiger charge is 2.86. The van der Waals surface area contributed by atoms with Gasteiger partial charge in [-0.3, -0.25) is 0 Å². The molecule has 2 nitrogen and oxygen atoms in total. The Labute approximate surface area is 197 Å². The fraction of sp³-hybridized carbons (Fsp3) is 1.00. The monoisotopic (exact) mass is 538 g/mol. The highest BCUT2D eigenvalue weighted by Crippen LogP contribution is 2.58. The third-order valence-electron chi connectivity index (χ3n) is 5.93. The van der Waals surface area contributed by atoms with Crippen LogP contribution < -0.4 is 0 Å². The Morgan fingerprint density at radius 2 is 1.03 bits per heavy atom. The summed E-state index contributed by atoms with van der Waals surface area (Å²) in [7, 11) is 0. The molecular formula is C22H33F11O2. The third kappa shape index (κ3) is 8.89. The molecule has 1 unspecified atom stereocenters. The number of alkyl halides is 11. The summed E-state index contributed by atoms with van der Waals surface area (Å²) in [6.45, 7) is 1.39. The molecule has 0 bridgehead atoms. The number of halogens is 11. The standard InChI is InChI=1S/C22H33F11O2/c23-18(24,19(25,26)20(27,28)21(29,30)22(31,32)33)14-10-8-6-4-2-1-3-5-7-9-11-15-34-17-13-12-16-35-17/h17H,1-16H2. The minimum Gasteiger partial charge on any atom is -0.353 e. The minimum absolute atomic E-state index is 0.0718. The van der Waals surface area contributed by atoms with Gasteiger partial charge >= 0.3 is 29.9 Å². The van der Waals surface area contributed by atoms with Gasteiger partial charge in [0, 0.05) is 26.1 Å². The predicted octanol–water partition coefficient (Wildman–Crippen LogP) is 8.92. The van der Waals surface area contributed by atoms with Gasteiger partial charge in [-0.25, -0.2) is 0 Å². The van der Waals surface area contributed by atoms with Crippen LogP contribution in [0.5, 0.6) is 0 Å². The molecule has 1 fully saturated rings. The molecule has 1 aliphatic rings. The summed E-state index contributed by atoms with van der Waals surface area (Å²) in [4.78, 5) is 0. The Morgan fingerprint density at radius 3 is 1.46 bits per heavy atom. The molecule has 0 aromatic heterocycles. The van der Waals surface area contributed by atoms with E-state index in [9.17, 15) is 48.3 Å². The first-order chi connectivity index (χ1) is 16.1. The van der Waals surface area contributed by atoms with Crippen molar-refractivity contribution in [2.45, 2.75) is 126 Å². The highest BCUT2D eigenvalue weighted by molar-refractivity contribution is 5.06. The first-order valence-corrected chi connectivity index (χ1v) is 11.9. The lowest BCUT2D eigenvalue weighted by atomic mass is 9.94. The average Bonchev–Trinajstić information content (AvgIpc) is 3.26. The second-order valence-electron chi connectivity index (χ2n) is 8.88. The molecule has 0 saturated carbocycles. The molecule has 35 heavy (non-hydrogen) atoms. The van der Waals surface area contributed by atoms with Gasteiger partial charge in [-0.1, -0.05) is 57.8 Å². The van der Waals surface area contributed by atoms with Gasteiger partial charge in [-0.05, 0) is 19.3 Å². The predicted molar refractivity (Wildman–Crippen MR) is 106 cm³/mol. The van der Waals surface area contributed by atoms with Crippen LogP contribution in [0.4, 0.5) is 48.3 Å². The highest BCUT2D eigenvalue weighted by atomic mass is 19.4. The maximum absolute atomic E-state index is 13.6. The van der Waals surface area contributed by atoms with Crippen molar-refractivity contribution in [3.63, 3.8) is 0 Å². The van der Waals surface area contributed by atoms with Gasteiger partial charge in [-0.2, -0.15) is 48.3 Å². The lowest BCUT2D eigenvalue weighted by Gasteiger charge is -2.37. The molecule has 0 aromatic carbocycles. The van der Waals surface area contributed by atoms with E-state index in [2.05, 4.69) is 0 Å². The van der Waals surface area contributed by atoms with E-state index in [4.69, 9.17) is 9.47 Å². The summed E-state index contributed by atoms with van der Waals surface area (Å²) in [6.07, 6.45) is -0.587. The van der Waals surface area contributed by atoms with Gasteiger partial charge in [0.2, 0.25) is 0 Å². The molecular weight excluding hydrogens is 505 g/mol. The second-order valence-corrected chi connectivity index (χ2v) is 8.88. The maximum Gasteiger partial charge on any atom is 0.460 e. The zero-order chi connectivity index (χ0) is 26.8. The van der Waals surface area contributed by atoms with E-state index < -0.39 is 42.7 Å². The van der Waals surface area contributed by atoms with E-state index in [0.29, 0.717) is 19.4 Å². The van der Waals surface area contributed by atoms with Crippen molar-refractivity contribution in [3.05, 3.63) is 0 Å². The van der Waals surface area contributed by atoms with E-state index in [-0.39, 0.29) is 12.7 Å². The molecule has 1 heterocycles. The van der Waals surface area contributed by atoms with Gasteiger partial charge in [-0.15, -0.1) is 0 Å². The van der Waals surface area contributed by atoms with Crippen LogP contribution in [0.2, 0.25) is 0 Å². The zero-order valence-corrected chi connectivity index (χ0v) is 19.4. The topological polar surface area (TPSA) is 18.5 Å². The van der Waals surface area contributed by atoms with Crippen molar-refractivity contribution in [1.29, 1.82) is 0 Å². The number of hydrogen-bond donors (Lipinski definition) is 0. The first-order valence-electron chi connectivity index (χ1n) is 11.9. The van der Waals surface area contributed by atoms with Crippen LogP contribution in [0.25, 0.3) is 0 Å². The summed E-state index contributed by atoms with van der Waals surface area (Å²) in [5, 5.41) is 0. The lowest BCUT2D eigenvalue weighted by Crippen LogP contribution is -2.66. The van der Waals surface area contributed by atoms with Crippen LogP contribution in [-0.2, 0) is 9.47 Å². The molecule has 1 aliphatic heterocycles. The molecule has 1 atom stereocenters. The summed E-state index contributed by atoms with van der Waals surface area (Å²) >= 11 is 0. The summed E-state index contributed by atoms with van der Waals surface area (Å²) in [5.41, 5.74) is 0. The SMILES string of the molecule is FC(F)(F)C(F)(F)C(F)(F)C(F)(F)C(F)(F)CCCCCCCCCCCCCOC1CCCO1. The average molecular weight is 538 g/mol. The van der Waals surface area contributed by atoms with Crippen LogP contribution in [0.1, 0.15) is 89.9 Å². The first kappa shape index (κ1) is 32.2. The van der Waals surface area contributed by atoms with E-state index in [1.54, 1.807) is 0 Å². The van der Waals surface area contributed by atoms with Gasteiger partial charge in [0.15, 0.2) is 6.29 Å². The Kier molecular flexibility index (Phi) is 12.5. The van der Waals surface area contributed by atoms with E-state index in [1.165, 1.54) is 0 Å². The summed E-state index contributed by atoms with van der Waals surface area (Å²) < 4.78 is 153. The van der Waals surface area contributed by atoms with E-state index in [1.807, 2.05) is 0 Å². The lowest BCUT2D eigenvalue weighted by molar-refractivity contribution is -0.422. The summed E-state index contributed by atoms with van der Waals surface area (Å²) in [5.74, 6) is -27.2. The van der Waals surface area contributed by atoms with Crippen molar-refractivity contribution in [3.8, 4) is 0 Å². The maximum atomic E-state index is 13.6. The number of unbranched alkanes of at least 4 members (excludes halogenated alkanes) is 10. The zero-order valence-electron chi connectivity index (χ0n) is 19.4. The second kappa shape index (κ2) is 13.6. The summed E-state index contributed by atoms with van der Waals surface area (Å²) in [6, 6.07) is 0. The Hall–Kier alpha value is -0.850. The van der Waals surface area contributed by atoms with Crippen molar-refractivity contribution >= 4 is 0 Å². The Balaban J connectivity index is 2.15. The van der Waals surface area contributed by atoms with Gasteiger partial charge in [0.05, 0.1) is 0 Å². The number of hydrogen-bond acceptors (Lipinski definition) is 2. The molecule has 0 N–H and O–H groups in total. The van der Waals surface area contributed by atoms with Crippen molar-refractivity contribution in [2.75, 3.05) is 13.2 Å². The van der Waals surface area contributed by atoms with Crippen LogP contribution in [-0.4, -0.2) is 49.4 Å². The normalized spacial score (nSPS) is 18.4. The Bertz CT molecular complexity index is 588. The molecule has 0 radical (unpaired) electrons. The molecule has 0 amide bonds. The van der Waals surface area contributed by atoms with Crippen molar-refractivity contribution < 1.29 is 57.8 Å².